The smallest absolute Gasteiger partial charge is 0.235 e. The molecule has 2 fully saturated rings. The summed E-state index contributed by atoms with van der Waals surface area (Å²) in [6, 6.07) is 0. The first kappa shape index (κ1) is 11.5. The van der Waals surface area contributed by atoms with Gasteiger partial charge in [0.15, 0.2) is 0 Å². The fourth-order valence-electron chi connectivity index (χ4n) is 2.61. The highest BCUT2D eigenvalue weighted by molar-refractivity contribution is 7.91. The van der Waals surface area contributed by atoms with E-state index in [0.717, 1.165) is 0 Å². The monoisotopic (exact) mass is 243 g/mol. The summed E-state index contributed by atoms with van der Waals surface area (Å²) in [5, 5.41) is 0. The Bertz CT molecular complexity index is 439. The van der Waals surface area contributed by atoms with Crippen molar-refractivity contribution in [2.24, 2.45) is 10.9 Å². The Morgan fingerprint density at radius 2 is 1.81 bits per heavy atom. The first-order valence-corrected chi connectivity index (χ1v) is 7.11. The minimum Gasteiger partial charge on any atom is -0.300 e. The molecular formula is C10H13NO4S. The Labute approximate surface area is 93.9 Å². The molecule has 6 heteroatoms. The maximum absolute atomic E-state index is 11.3. The van der Waals surface area contributed by atoms with Crippen LogP contribution in [0.5, 0.6) is 0 Å². The molecule has 0 aromatic heterocycles. The molecule has 0 aromatic rings. The van der Waals surface area contributed by atoms with Crippen molar-refractivity contribution in [3.8, 4) is 0 Å². The third-order valence-electron chi connectivity index (χ3n) is 3.59. The molecule has 1 aliphatic heterocycles. The van der Waals surface area contributed by atoms with Crippen molar-refractivity contribution < 1.29 is 18.0 Å². The van der Waals surface area contributed by atoms with Gasteiger partial charge in [-0.15, -0.1) is 0 Å². The Hall–Kier alpha value is -1.00. The van der Waals surface area contributed by atoms with Gasteiger partial charge in [-0.05, 0) is 18.8 Å². The number of aliphatic imine (C=N–C) groups is 1. The summed E-state index contributed by atoms with van der Waals surface area (Å²) in [6.45, 7) is 0. The van der Waals surface area contributed by atoms with Gasteiger partial charge in [0.2, 0.25) is 6.08 Å². The summed E-state index contributed by atoms with van der Waals surface area (Å²) in [5.74, 6) is 0.409. The average molecular weight is 243 g/mol. The van der Waals surface area contributed by atoms with E-state index >= 15 is 0 Å². The van der Waals surface area contributed by atoms with Crippen LogP contribution in [-0.4, -0.2) is 37.3 Å². The van der Waals surface area contributed by atoms with E-state index in [2.05, 4.69) is 4.99 Å². The second-order valence-electron chi connectivity index (χ2n) is 4.62. The number of isocyanates is 1. The van der Waals surface area contributed by atoms with Crippen LogP contribution in [0.3, 0.4) is 0 Å². The van der Waals surface area contributed by atoms with Crippen molar-refractivity contribution in [3.05, 3.63) is 0 Å². The van der Waals surface area contributed by atoms with Crippen molar-refractivity contribution in [2.75, 3.05) is 11.5 Å². The van der Waals surface area contributed by atoms with Gasteiger partial charge in [0, 0.05) is 12.8 Å². The van der Waals surface area contributed by atoms with Crippen LogP contribution >= 0.6 is 0 Å². The number of carbonyl (C=O) groups excluding carboxylic acids is 2. The van der Waals surface area contributed by atoms with Gasteiger partial charge in [0.1, 0.15) is 15.6 Å². The average Bonchev–Trinajstić information content (AvgIpc) is 2.15. The zero-order valence-corrected chi connectivity index (χ0v) is 9.62. The highest BCUT2D eigenvalue weighted by atomic mass is 32.2. The molecule has 88 valence electrons. The molecule has 0 radical (unpaired) electrons. The lowest BCUT2D eigenvalue weighted by Crippen LogP contribution is -2.51. The Morgan fingerprint density at radius 3 is 2.25 bits per heavy atom. The number of Topliss-reactive ketones (excluding diaryl/α,β-unsaturated/α-hetero) is 1. The van der Waals surface area contributed by atoms with Crippen molar-refractivity contribution in [3.63, 3.8) is 0 Å². The van der Waals surface area contributed by atoms with Crippen LogP contribution in [-0.2, 0) is 19.4 Å². The highest BCUT2D eigenvalue weighted by Crippen LogP contribution is 2.44. The van der Waals surface area contributed by atoms with Crippen LogP contribution in [0, 0.1) is 5.92 Å². The molecule has 2 rings (SSSR count). The van der Waals surface area contributed by atoms with Gasteiger partial charge in [-0.25, -0.2) is 13.2 Å². The quantitative estimate of drug-likeness (QED) is 0.514. The largest absolute Gasteiger partial charge is 0.300 e. The predicted molar refractivity (Wildman–Crippen MR) is 56.5 cm³/mol. The number of hydrogen-bond acceptors (Lipinski definition) is 5. The van der Waals surface area contributed by atoms with Gasteiger partial charge in [-0.2, -0.15) is 4.99 Å². The molecule has 2 aliphatic rings. The molecular weight excluding hydrogens is 230 g/mol. The molecule has 1 saturated carbocycles. The molecule has 0 aromatic carbocycles. The second-order valence-corrected chi connectivity index (χ2v) is 6.93. The minimum atomic E-state index is -2.91. The maximum Gasteiger partial charge on any atom is 0.235 e. The first-order chi connectivity index (χ1) is 7.47. The van der Waals surface area contributed by atoms with Gasteiger partial charge in [-0.3, -0.25) is 4.79 Å². The summed E-state index contributed by atoms with van der Waals surface area (Å²) in [7, 11) is -2.91. The van der Waals surface area contributed by atoms with E-state index in [1.807, 2.05) is 0 Å². The lowest BCUT2D eigenvalue weighted by atomic mass is 9.66. The standard InChI is InChI=1S/C10H13NO4S/c12-7-11-10(5-9(13)6-10)8-1-3-16(14,15)4-2-8/h8H,1-6H2. The summed E-state index contributed by atoms with van der Waals surface area (Å²) >= 11 is 0. The molecule has 0 unspecified atom stereocenters. The summed E-state index contributed by atoms with van der Waals surface area (Å²) in [5.41, 5.74) is -0.630. The molecule has 1 saturated heterocycles. The maximum atomic E-state index is 11.3. The summed E-state index contributed by atoms with van der Waals surface area (Å²) in [6.07, 6.45) is 3.07. The second kappa shape index (κ2) is 3.79. The van der Waals surface area contributed by atoms with Crippen LogP contribution in [0.25, 0.3) is 0 Å². The van der Waals surface area contributed by atoms with E-state index in [1.165, 1.54) is 6.08 Å². The van der Waals surface area contributed by atoms with Gasteiger partial charge in [-0.1, -0.05) is 0 Å². The topological polar surface area (TPSA) is 80.6 Å². The Morgan fingerprint density at radius 1 is 1.25 bits per heavy atom. The van der Waals surface area contributed by atoms with E-state index < -0.39 is 15.4 Å². The molecule has 16 heavy (non-hydrogen) atoms. The van der Waals surface area contributed by atoms with E-state index in [-0.39, 0.29) is 36.0 Å². The molecule has 1 aliphatic carbocycles. The number of ketones is 1. The lowest BCUT2D eigenvalue weighted by Gasteiger charge is -2.43. The third-order valence-corrected chi connectivity index (χ3v) is 5.30. The number of rotatable bonds is 2. The fourth-order valence-corrected chi connectivity index (χ4v) is 4.10. The van der Waals surface area contributed by atoms with E-state index in [0.29, 0.717) is 12.8 Å². The van der Waals surface area contributed by atoms with Crippen LogP contribution in [0.15, 0.2) is 4.99 Å². The van der Waals surface area contributed by atoms with Gasteiger partial charge >= 0.3 is 0 Å². The molecule has 0 spiro atoms. The predicted octanol–water partition coefficient (Wildman–Crippen LogP) is 0.249. The van der Waals surface area contributed by atoms with Crippen molar-refractivity contribution in [2.45, 2.75) is 31.2 Å². The van der Waals surface area contributed by atoms with Crippen LogP contribution in [0.4, 0.5) is 0 Å². The zero-order chi connectivity index (χ0) is 11.8. The fraction of sp³-hybridized carbons (Fsp3) is 0.800. The number of nitrogens with zero attached hydrogens (tertiary/aromatic N) is 1. The first-order valence-electron chi connectivity index (χ1n) is 5.29. The van der Waals surface area contributed by atoms with E-state index in [1.54, 1.807) is 0 Å². The molecule has 5 nitrogen and oxygen atoms in total. The van der Waals surface area contributed by atoms with Crippen LogP contribution in [0.2, 0.25) is 0 Å². The molecule has 0 bridgehead atoms. The van der Waals surface area contributed by atoms with Crippen LogP contribution in [0.1, 0.15) is 25.7 Å². The summed E-state index contributed by atoms with van der Waals surface area (Å²) in [4.78, 5) is 25.2. The SMILES string of the molecule is O=C=NC1(C2CCS(=O)(=O)CC2)CC(=O)C1. The zero-order valence-electron chi connectivity index (χ0n) is 8.81. The van der Waals surface area contributed by atoms with Crippen molar-refractivity contribution >= 4 is 21.7 Å². The number of carbonyl (C=O) groups is 1. The van der Waals surface area contributed by atoms with E-state index in [4.69, 9.17) is 0 Å². The molecule has 0 amide bonds. The van der Waals surface area contributed by atoms with Crippen molar-refractivity contribution in [1.29, 1.82) is 0 Å². The molecule has 1 heterocycles. The van der Waals surface area contributed by atoms with Crippen LogP contribution < -0.4 is 0 Å². The van der Waals surface area contributed by atoms with Gasteiger partial charge in [0.05, 0.1) is 17.0 Å². The highest BCUT2D eigenvalue weighted by Gasteiger charge is 2.50. The minimum absolute atomic E-state index is 0.0372. The molecule has 0 N–H and O–H groups in total. The normalized spacial score (nSPS) is 27.9. The Kier molecular flexibility index (Phi) is 2.72. The summed E-state index contributed by atoms with van der Waals surface area (Å²) < 4.78 is 22.6. The van der Waals surface area contributed by atoms with Crippen molar-refractivity contribution in [1.82, 2.24) is 0 Å². The van der Waals surface area contributed by atoms with E-state index in [9.17, 15) is 18.0 Å². The third kappa shape index (κ3) is 1.95. The lowest BCUT2D eigenvalue weighted by molar-refractivity contribution is -0.129. The van der Waals surface area contributed by atoms with Gasteiger partial charge < -0.3 is 0 Å². The Balaban J connectivity index is 2.12. The number of sulfone groups is 1. The molecule has 0 atom stereocenters. The number of hydrogen-bond donors (Lipinski definition) is 0. The van der Waals surface area contributed by atoms with Gasteiger partial charge in [0.25, 0.3) is 0 Å².